The number of nitrogens with one attached hydrogen (secondary N) is 1. The largest absolute Gasteiger partial charge is 0.340 e. The summed E-state index contributed by atoms with van der Waals surface area (Å²) in [5.74, 6) is -1.12. The van der Waals surface area contributed by atoms with Crippen LogP contribution < -0.4 is 10.2 Å². The third-order valence-corrected chi connectivity index (χ3v) is 2.94. The number of para-hydroxylation sites is 1. The second-order valence-corrected chi connectivity index (χ2v) is 4.33. The molecule has 0 heterocycles. The summed E-state index contributed by atoms with van der Waals surface area (Å²) in [6.45, 7) is 0.434. The lowest BCUT2D eigenvalue weighted by atomic mass is 10.1. The van der Waals surface area contributed by atoms with E-state index in [1.165, 1.54) is 17.0 Å². The highest BCUT2D eigenvalue weighted by molar-refractivity contribution is 5.63. The van der Waals surface area contributed by atoms with Crippen LogP contribution in [0, 0.1) is 11.6 Å². The monoisotopic (exact) mass is 262 g/mol. The quantitative estimate of drug-likeness (QED) is 0.907. The molecule has 4 heteroatoms. The van der Waals surface area contributed by atoms with Crippen molar-refractivity contribution in [2.75, 3.05) is 19.0 Å². The van der Waals surface area contributed by atoms with E-state index in [1.54, 1.807) is 26.2 Å². The molecule has 0 amide bonds. The molecule has 0 unspecified atom stereocenters. The fraction of sp³-hybridized carbons (Fsp3) is 0.200. The third-order valence-electron chi connectivity index (χ3n) is 2.94. The van der Waals surface area contributed by atoms with Crippen LogP contribution in [0.2, 0.25) is 0 Å². The van der Waals surface area contributed by atoms with Crippen LogP contribution >= 0.6 is 0 Å². The molecule has 2 aromatic rings. The van der Waals surface area contributed by atoms with Gasteiger partial charge in [-0.05, 0) is 36.9 Å². The van der Waals surface area contributed by atoms with E-state index in [-0.39, 0.29) is 5.69 Å². The molecule has 0 fully saturated rings. The first kappa shape index (κ1) is 13.5. The molecule has 0 aromatic heterocycles. The molecule has 19 heavy (non-hydrogen) atoms. The predicted octanol–water partition coefficient (Wildman–Crippen LogP) is 3.45. The Balaban J connectivity index is 2.40. The van der Waals surface area contributed by atoms with Crippen molar-refractivity contribution in [2.45, 2.75) is 6.54 Å². The van der Waals surface area contributed by atoms with Gasteiger partial charge < -0.3 is 10.2 Å². The molecule has 0 atom stereocenters. The molecule has 2 aromatic carbocycles. The predicted molar refractivity (Wildman–Crippen MR) is 73.6 cm³/mol. The first-order valence-electron chi connectivity index (χ1n) is 6.04. The molecule has 1 N–H and O–H groups in total. The van der Waals surface area contributed by atoms with Crippen LogP contribution in [0.5, 0.6) is 0 Å². The lowest BCUT2D eigenvalue weighted by Crippen LogP contribution is -2.14. The summed E-state index contributed by atoms with van der Waals surface area (Å²) in [6, 6.07) is 11.8. The van der Waals surface area contributed by atoms with Crippen LogP contribution in [0.25, 0.3) is 0 Å². The first-order valence-corrected chi connectivity index (χ1v) is 6.04. The normalized spacial score (nSPS) is 10.5. The molecule has 0 saturated carbocycles. The second kappa shape index (κ2) is 5.80. The fourth-order valence-electron chi connectivity index (χ4n) is 2.03. The summed E-state index contributed by atoms with van der Waals surface area (Å²) >= 11 is 0. The zero-order chi connectivity index (χ0) is 13.8. The van der Waals surface area contributed by atoms with Crippen molar-refractivity contribution in [3.05, 3.63) is 59.7 Å². The van der Waals surface area contributed by atoms with Gasteiger partial charge in [0, 0.05) is 19.3 Å². The number of nitrogens with zero attached hydrogens (tertiary/aromatic N) is 1. The number of rotatable bonds is 4. The van der Waals surface area contributed by atoms with Crippen LogP contribution in [0.4, 0.5) is 20.2 Å². The molecule has 0 saturated heterocycles. The minimum absolute atomic E-state index is 0.0361. The highest BCUT2D eigenvalue weighted by atomic mass is 19.1. The number of halogens is 2. The zero-order valence-electron chi connectivity index (χ0n) is 11.0. The molecule has 0 bridgehead atoms. The van der Waals surface area contributed by atoms with Crippen LogP contribution in [-0.4, -0.2) is 14.1 Å². The summed E-state index contributed by atoms with van der Waals surface area (Å²) in [5, 5.41) is 2.87. The Labute approximate surface area is 111 Å². The van der Waals surface area contributed by atoms with E-state index in [9.17, 15) is 8.78 Å². The van der Waals surface area contributed by atoms with Crippen LogP contribution in [0.15, 0.2) is 42.5 Å². The molecule has 0 aliphatic carbocycles. The molecule has 0 spiro atoms. The fourth-order valence-corrected chi connectivity index (χ4v) is 2.03. The summed E-state index contributed by atoms with van der Waals surface area (Å²) < 4.78 is 28.1. The second-order valence-electron chi connectivity index (χ2n) is 4.33. The lowest BCUT2D eigenvalue weighted by Gasteiger charge is -2.21. The Kier molecular flexibility index (Phi) is 4.12. The van der Waals surface area contributed by atoms with E-state index in [1.807, 2.05) is 18.2 Å². The Morgan fingerprint density at radius 3 is 2.16 bits per heavy atom. The summed E-state index contributed by atoms with van der Waals surface area (Å²) in [5.41, 5.74) is 1.29. The van der Waals surface area contributed by atoms with Gasteiger partial charge in [0.2, 0.25) is 0 Å². The van der Waals surface area contributed by atoms with Gasteiger partial charge in [-0.25, -0.2) is 8.78 Å². The summed E-state index contributed by atoms with van der Waals surface area (Å²) in [7, 11) is 3.38. The molecule has 100 valence electrons. The average Bonchev–Trinajstić information content (AvgIpc) is 2.39. The van der Waals surface area contributed by atoms with Crippen molar-refractivity contribution in [1.82, 2.24) is 5.32 Å². The number of anilines is 2. The zero-order valence-corrected chi connectivity index (χ0v) is 11.0. The molecular weight excluding hydrogens is 246 g/mol. The Morgan fingerprint density at radius 2 is 1.63 bits per heavy atom. The maximum absolute atomic E-state index is 14.1. The Bertz CT molecular complexity index is 532. The minimum atomic E-state index is -0.559. The standard InChI is InChI=1S/C15H16F2N2/c1-18-10-11-8-13(16)15(14(17)9-11)19(2)12-6-4-3-5-7-12/h3-9,18H,10H2,1-2H3. The lowest BCUT2D eigenvalue weighted by molar-refractivity contribution is 0.578. The van der Waals surface area contributed by atoms with Gasteiger partial charge >= 0.3 is 0 Å². The van der Waals surface area contributed by atoms with Gasteiger partial charge in [0.15, 0.2) is 0 Å². The van der Waals surface area contributed by atoms with E-state index in [0.29, 0.717) is 12.1 Å². The van der Waals surface area contributed by atoms with Gasteiger partial charge in [0.1, 0.15) is 17.3 Å². The Morgan fingerprint density at radius 1 is 1.05 bits per heavy atom. The smallest absolute Gasteiger partial charge is 0.150 e. The average molecular weight is 262 g/mol. The highest BCUT2D eigenvalue weighted by Crippen LogP contribution is 2.29. The molecule has 2 rings (SSSR count). The molecule has 0 aliphatic heterocycles. The highest BCUT2D eigenvalue weighted by Gasteiger charge is 2.16. The molecule has 0 radical (unpaired) electrons. The van der Waals surface area contributed by atoms with Crippen molar-refractivity contribution in [3.63, 3.8) is 0 Å². The van der Waals surface area contributed by atoms with E-state index < -0.39 is 11.6 Å². The van der Waals surface area contributed by atoms with Gasteiger partial charge in [0.25, 0.3) is 0 Å². The number of benzene rings is 2. The van der Waals surface area contributed by atoms with Crippen LogP contribution in [0.3, 0.4) is 0 Å². The van der Waals surface area contributed by atoms with Crippen LogP contribution in [-0.2, 0) is 6.54 Å². The van der Waals surface area contributed by atoms with Crippen molar-refractivity contribution in [1.29, 1.82) is 0 Å². The van der Waals surface area contributed by atoms with E-state index in [4.69, 9.17) is 0 Å². The summed E-state index contributed by atoms with van der Waals surface area (Å²) in [6.07, 6.45) is 0. The van der Waals surface area contributed by atoms with Crippen molar-refractivity contribution < 1.29 is 8.78 Å². The number of hydrogen-bond acceptors (Lipinski definition) is 2. The number of hydrogen-bond donors (Lipinski definition) is 1. The van der Waals surface area contributed by atoms with Crippen molar-refractivity contribution in [2.24, 2.45) is 0 Å². The molecule has 0 aliphatic rings. The maximum Gasteiger partial charge on any atom is 0.150 e. The first-order chi connectivity index (χ1) is 9.13. The maximum atomic E-state index is 14.1. The minimum Gasteiger partial charge on any atom is -0.340 e. The van der Waals surface area contributed by atoms with Crippen molar-refractivity contribution in [3.8, 4) is 0 Å². The van der Waals surface area contributed by atoms with Gasteiger partial charge in [-0.1, -0.05) is 18.2 Å². The molecular formula is C15H16F2N2. The Hall–Kier alpha value is -1.94. The topological polar surface area (TPSA) is 15.3 Å². The van der Waals surface area contributed by atoms with E-state index in [0.717, 1.165) is 5.69 Å². The van der Waals surface area contributed by atoms with Gasteiger partial charge in [-0.15, -0.1) is 0 Å². The van der Waals surface area contributed by atoms with Gasteiger partial charge in [-0.3, -0.25) is 0 Å². The van der Waals surface area contributed by atoms with Gasteiger partial charge in [-0.2, -0.15) is 0 Å². The van der Waals surface area contributed by atoms with E-state index in [2.05, 4.69) is 5.32 Å². The van der Waals surface area contributed by atoms with Crippen LogP contribution in [0.1, 0.15) is 5.56 Å². The molecule has 2 nitrogen and oxygen atoms in total. The SMILES string of the molecule is CNCc1cc(F)c(N(C)c2ccccc2)c(F)c1. The van der Waals surface area contributed by atoms with Gasteiger partial charge in [0.05, 0.1) is 0 Å². The van der Waals surface area contributed by atoms with Crippen molar-refractivity contribution >= 4 is 11.4 Å². The summed E-state index contributed by atoms with van der Waals surface area (Å²) in [4.78, 5) is 1.51. The van der Waals surface area contributed by atoms with E-state index >= 15 is 0 Å². The third kappa shape index (κ3) is 2.90.